The molecule has 0 N–H and O–H groups in total. The predicted molar refractivity (Wildman–Crippen MR) is 176 cm³/mol. The molecule has 6 rings (SSSR count). The molecular formula is C33H25IN2O4S2. The van der Waals surface area contributed by atoms with E-state index < -0.39 is 12.0 Å². The largest absolute Gasteiger partial charge is 0.463 e. The van der Waals surface area contributed by atoms with E-state index in [-0.39, 0.29) is 12.2 Å². The topological polar surface area (TPSA) is 73.8 Å². The Morgan fingerprint density at radius 1 is 1.02 bits per heavy atom. The number of benzene rings is 3. The molecule has 3 heterocycles. The van der Waals surface area contributed by atoms with Crippen molar-refractivity contribution in [2.24, 2.45) is 4.99 Å². The standard InChI is InChI=1S/C33H25IN2O4S2/c1-3-39-32(38)28-29(21-7-5-4-6-8-21)35-33-36(30(28)22-11-16-25(41-2)17-12-22)31(37)27(42-33)19-24-15-18-26(40-24)20-9-13-23(34)14-10-20/h4-19,30H,3H2,1-2H3/b27-19-/t30-/m0/s1. The van der Waals surface area contributed by atoms with Gasteiger partial charge in [0.2, 0.25) is 0 Å². The molecule has 1 aliphatic rings. The number of thiazole rings is 1. The van der Waals surface area contributed by atoms with Crippen LogP contribution in [-0.2, 0) is 9.53 Å². The molecule has 5 aromatic rings. The fraction of sp³-hybridized carbons (Fsp3) is 0.121. The first-order chi connectivity index (χ1) is 20.5. The second kappa shape index (κ2) is 12.3. The lowest BCUT2D eigenvalue weighted by molar-refractivity contribution is -0.138. The molecule has 0 aliphatic carbocycles. The molecule has 6 nitrogen and oxygen atoms in total. The van der Waals surface area contributed by atoms with E-state index in [1.807, 2.05) is 97.3 Å². The summed E-state index contributed by atoms with van der Waals surface area (Å²) in [6.45, 7) is 1.97. The highest BCUT2D eigenvalue weighted by Crippen LogP contribution is 2.35. The number of nitrogens with zero attached hydrogens (tertiary/aromatic N) is 2. The molecule has 2 aromatic heterocycles. The van der Waals surface area contributed by atoms with Crippen LogP contribution in [0.3, 0.4) is 0 Å². The number of halogens is 1. The Labute approximate surface area is 264 Å². The van der Waals surface area contributed by atoms with Gasteiger partial charge in [0.25, 0.3) is 5.56 Å². The Balaban J connectivity index is 1.55. The maximum atomic E-state index is 14.1. The van der Waals surface area contributed by atoms with Gasteiger partial charge in [0.05, 0.1) is 28.5 Å². The SMILES string of the molecule is CCOC(=O)C1=C(c2ccccc2)N=c2s/c(=C\c3ccc(-c4ccc(I)cc4)o3)c(=O)n2[C@H]1c1ccc(SC)cc1. The fourth-order valence-electron chi connectivity index (χ4n) is 4.87. The van der Waals surface area contributed by atoms with E-state index in [0.717, 1.165) is 25.2 Å². The number of esters is 1. The smallest absolute Gasteiger partial charge is 0.338 e. The third kappa shape index (κ3) is 5.56. The summed E-state index contributed by atoms with van der Waals surface area (Å²) in [6, 6.07) is 28.5. The maximum Gasteiger partial charge on any atom is 0.338 e. The summed E-state index contributed by atoms with van der Waals surface area (Å²) in [5, 5.41) is 0. The van der Waals surface area contributed by atoms with Gasteiger partial charge in [0.15, 0.2) is 4.80 Å². The van der Waals surface area contributed by atoms with Crippen molar-refractivity contribution in [3.63, 3.8) is 0 Å². The van der Waals surface area contributed by atoms with E-state index in [1.165, 1.54) is 11.3 Å². The zero-order chi connectivity index (χ0) is 29.2. The number of carbonyl (C=O) groups excluding carboxylic acids is 1. The minimum atomic E-state index is -0.715. The normalized spacial score (nSPS) is 14.9. The molecule has 0 amide bonds. The molecule has 1 atom stereocenters. The van der Waals surface area contributed by atoms with Crippen LogP contribution in [0.5, 0.6) is 0 Å². The Morgan fingerprint density at radius 3 is 2.45 bits per heavy atom. The summed E-state index contributed by atoms with van der Waals surface area (Å²) >= 11 is 5.17. The van der Waals surface area contributed by atoms with Gasteiger partial charge in [-0.15, -0.1) is 11.8 Å². The molecule has 9 heteroatoms. The third-order valence-electron chi connectivity index (χ3n) is 6.83. The van der Waals surface area contributed by atoms with Crippen LogP contribution in [0.2, 0.25) is 0 Å². The Bertz CT molecular complexity index is 1970. The number of fused-ring (bicyclic) bond motifs is 1. The van der Waals surface area contributed by atoms with Crippen molar-refractivity contribution in [3.8, 4) is 11.3 Å². The van der Waals surface area contributed by atoms with Crippen LogP contribution in [-0.4, -0.2) is 23.4 Å². The number of furan rings is 1. The molecule has 0 fully saturated rings. The highest BCUT2D eigenvalue weighted by molar-refractivity contribution is 14.1. The highest BCUT2D eigenvalue weighted by atomic mass is 127. The molecule has 42 heavy (non-hydrogen) atoms. The van der Waals surface area contributed by atoms with E-state index in [0.29, 0.717) is 32.1 Å². The lowest BCUT2D eigenvalue weighted by Gasteiger charge is -2.26. The fourth-order valence-corrected chi connectivity index (χ4v) is 6.62. The first-order valence-electron chi connectivity index (χ1n) is 13.2. The van der Waals surface area contributed by atoms with E-state index in [1.54, 1.807) is 29.3 Å². The number of aromatic nitrogens is 1. The lowest BCUT2D eigenvalue weighted by atomic mass is 9.93. The van der Waals surface area contributed by atoms with Gasteiger partial charge in [-0.05, 0) is 77.7 Å². The molecule has 210 valence electrons. The van der Waals surface area contributed by atoms with Gasteiger partial charge in [0.1, 0.15) is 11.5 Å². The van der Waals surface area contributed by atoms with Gasteiger partial charge in [0, 0.05) is 25.7 Å². The lowest BCUT2D eigenvalue weighted by Crippen LogP contribution is -2.40. The van der Waals surface area contributed by atoms with Crippen LogP contribution in [0.1, 0.15) is 29.9 Å². The summed E-state index contributed by atoms with van der Waals surface area (Å²) in [5.74, 6) is 0.775. The van der Waals surface area contributed by atoms with Crippen molar-refractivity contribution in [1.82, 2.24) is 4.57 Å². The monoisotopic (exact) mass is 704 g/mol. The molecule has 0 spiro atoms. The first kappa shape index (κ1) is 28.4. The van der Waals surface area contributed by atoms with Gasteiger partial charge >= 0.3 is 5.97 Å². The zero-order valence-electron chi connectivity index (χ0n) is 22.7. The van der Waals surface area contributed by atoms with Gasteiger partial charge in [-0.3, -0.25) is 9.36 Å². The second-order valence-corrected chi connectivity index (χ2v) is 12.5. The Hall–Kier alpha value is -3.67. The van der Waals surface area contributed by atoms with Crippen LogP contribution < -0.4 is 14.9 Å². The number of hydrogen-bond donors (Lipinski definition) is 0. The molecule has 0 saturated carbocycles. The van der Waals surface area contributed by atoms with Crippen LogP contribution >= 0.6 is 45.7 Å². The number of ether oxygens (including phenoxy) is 1. The van der Waals surface area contributed by atoms with E-state index in [9.17, 15) is 9.59 Å². The predicted octanol–water partition coefficient (Wildman–Crippen LogP) is 6.52. The summed E-state index contributed by atoms with van der Waals surface area (Å²) in [6.07, 6.45) is 3.75. The van der Waals surface area contributed by atoms with Gasteiger partial charge < -0.3 is 9.15 Å². The first-order valence-corrected chi connectivity index (χ1v) is 16.4. The highest BCUT2D eigenvalue weighted by Gasteiger charge is 2.35. The molecule has 0 bridgehead atoms. The average Bonchev–Trinajstić information content (AvgIpc) is 3.61. The third-order valence-corrected chi connectivity index (χ3v) is 9.28. The maximum absolute atomic E-state index is 14.1. The van der Waals surface area contributed by atoms with E-state index in [4.69, 9.17) is 14.1 Å². The molecule has 0 radical (unpaired) electrons. The van der Waals surface area contributed by atoms with Gasteiger partial charge in [-0.2, -0.15) is 0 Å². The number of thioether (sulfide) groups is 1. The van der Waals surface area contributed by atoms with Crippen LogP contribution in [0, 0.1) is 3.57 Å². The average molecular weight is 705 g/mol. The molecule has 0 saturated heterocycles. The van der Waals surface area contributed by atoms with Crippen LogP contribution in [0.25, 0.3) is 23.1 Å². The van der Waals surface area contributed by atoms with Crippen molar-refractivity contribution in [2.75, 3.05) is 12.9 Å². The Kier molecular flexibility index (Phi) is 8.32. The van der Waals surface area contributed by atoms with Gasteiger partial charge in [-0.25, -0.2) is 9.79 Å². The quantitative estimate of drug-likeness (QED) is 0.110. The van der Waals surface area contributed by atoms with Crippen molar-refractivity contribution in [3.05, 3.63) is 137 Å². The van der Waals surface area contributed by atoms with Crippen molar-refractivity contribution in [1.29, 1.82) is 0 Å². The molecule has 3 aromatic carbocycles. The van der Waals surface area contributed by atoms with Crippen molar-refractivity contribution >= 4 is 63.4 Å². The number of carbonyl (C=O) groups is 1. The molecule has 0 unspecified atom stereocenters. The summed E-state index contributed by atoms with van der Waals surface area (Å²) in [7, 11) is 0. The number of hydrogen-bond acceptors (Lipinski definition) is 7. The second-order valence-electron chi connectivity index (χ2n) is 9.41. The minimum absolute atomic E-state index is 0.203. The van der Waals surface area contributed by atoms with E-state index in [2.05, 4.69) is 22.6 Å². The van der Waals surface area contributed by atoms with Crippen LogP contribution in [0.4, 0.5) is 0 Å². The van der Waals surface area contributed by atoms with Gasteiger partial charge in [-0.1, -0.05) is 65.9 Å². The van der Waals surface area contributed by atoms with E-state index >= 15 is 0 Å². The van der Waals surface area contributed by atoms with Crippen LogP contribution in [0.15, 0.2) is 116 Å². The summed E-state index contributed by atoms with van der Waals surface area (Å²) in [5.41, 5.74) is 3.11. The number of rotatable bonds is 7. The minimum Gasteiger partial charge on any atom is -0.463 e. The zero-order valence-corrected chi connectivity index (χ0v) is 26.5. The summed E-state index contributed by atoms with van der Waals surface area (Å²) < 4.78 is 14.8. The summed E-state index contributed by atoms with van der Waals surface area (Å²) in [4.78, 5) is 34.1. The molecular weight excluding hydrogens is 679 g/mol. The Morgan fingerprint density at radius 2 is 1.76 bits per heavy atom. The van der Waals surface area contributed by atoms with Crippen molar-refractivity contribution < 1.29 is 13.9 Å². The van der Waals surface area contributed by atoms with Crippen molar-refractivity contribution in [2.45, 2.75) is 17.9 Å². The molecule has 1 aliphatic heterocycles.